The Kier molecular flexibility index (Phi) is 2.16. The fraction of sp³-hybridized carbons (Fsp3) is 0.231. The van der Waals surface area contributed by atoms with Gasteiger partial charge in [0.1, 0.15) is 0 Å². The number of aryl methyl sites for hydroxylation is 1. The molecule has 0 aliphatic carbocycles. The normalized spacial score (nSPS) is 10.5. The Balaban J connectivity index is 2.83. The Morgan fingerprint density at radius 1 is 0.929 bits per heavy atom. The van der Waals surface area contributed by atoms with Gasteiger partial charge in [-0.1, -0.05) is 36.4 Å². The summed E-state index contributed by atoms with van der Waals surface area (Å²) in [6.45, 7) is 2.15. The molecule has 0 aliphatic heterocycles. The lowest BCUT2D eigenvalue weighted by Gasteiger charge is -2.18. The molecule has 0 heterocycles. The van der Waals surface area contributed by atoms with E-state index in [-0.39, 0.29) is 0 Å². The van der Waals surface area contributed by atoms with E-state index >= 15 is 0 Å². The number of anilines is 1. The van der Waals surface area contributed by atoms with Crippen LogP contribution in [0.5, 0.6) is 0 Å². The molecule has 0 aliphatic rings. The molecule has 0 atom stereocenters. The molecular formula is C13H15N. The van der Waals surface area contributed by atoms with E-state index in [9.17, 15) is 0 Å². The predicted molar refractivity (Wildman–Crippen MR) is 63.0 cm³/mol. The molecule has 0 saturated heterocycles. The zero-order valence-corrected chi connectivity index (χ0v) is 8.91. The molecule has 1 nitrogen and oxygen atoms in total. The lowest BCUT2D eigenvalue weighted by atomic mass is 10.0. The van der Waals surface area contributed by atoms with E-state index in [1.165, 1.54) is 22.0 Å². The van der Waals surface area contributed by atoms with Gasteiger partial charge in [0, 0.05) is 25.2 Å². The van der Waals surface area contributed by atoms with Gasteiger partial charge >= 0.3 is 0 Å². The Bertz CT molecular complexity index is 458. The third-order valence-electron chi connectivity index (χ3n) is 2.55. The van der Waals surface area contributed by atoms with Gasteiger partial charge in [0.15, 0.2) is 0 Å². The summed E-state index contributed by atoms with van der Waals surface area (Å²) in [5.74, 6) is 0. The average Bonchev–Trinajstić information content (AvgIpc) is 2.17. The molecule has 2 aromatic rings. The van der Waals surface area contributed by atoms with Crippen molar-refractivity contribution in [3.63, 3.8) is 0 Å². The van der Waals surface area contributed by atoms with Gasteiger partial charge < -0.3 is 4.90 Å². The number of nitrogens with zero attached hydrogens (tertiary/aromatic N) is 1. The molecule has 0 aromatic heterocycles. The first-order valence-electron chi connectivity index (χ1n) is 4.86. The fourth-order valence-electron chi connectivity index (χ4n) is 1.96. The lowest BCUT2D eigenvalue weighted by molar-refractivity contribution is 1.13. The van der Waals surface area contributed by atoms with Gasteiger partial charge in [-0.3, -0.25) is 0 Å². The van der Waals surface area contributed by atoms with Crippen LogP contribution < -0.4 is 4.90 Å². The molecular weight excluding hydrogens is 170 g/mol. The third-order valence-corrected chi connectivity index (χ3v) is 2.55. The molecule has 0 amide bonds. The minimum absolute atomic E-state index is 1.31. The lowest BCUT2D eigenvalue weighted by Crippen LogP contribution is -2.10. The number of hydrogen-bond acceptors (Lipinski definition) is 1. The highest BCUT2D eigenvalue weighted by Gasteiger charge is 2.04. The first kappa shape index (κ1) is 9.07. The molecule has 0 saturated carbocycles. The number of rotatable bonds is 1. The summed E-state index contributed by atoms with van der Waals surface area (Å²) in [6.07, 6.45) is 0. The maximum absolute atomic E-state index is 2.18. The van der Waals surface area contributed by atoms with Gasteiger partial charge in [0.05, 0.1) is 0 Å². The third kappa shape index (κ3) is 1.35. The molecule has 2 aromatic carbocycles. The SMILES string of the molecule is Cc1ccc2ccccc2c1N(C)C. The highest BCUT2D eigenvalue weighted by Crippen LogP contribution is 2.28. The van der Waals surface area contributed by atoms with E-state index in [0.717, 1.165) is 0 Å². The summed E-state index contributed by atoms with van der Waals surface area (Å²) in [5.41, 5.74) is 2.65. The Hall–Kier alpha value is -1.50. The van der Waals surface area contributed by atoms with Crippen LogP contribution in [0.25, 0.3) is 10.8 Å². The molecule has 0 radical (unpaired) electrons. The van der Waals surface area contributed by atoms with Crippen molar-refractivity contribution in [3.8, 4) is 0 Å². The quantitative estimate of drug-likeness (QED) is 0.659. The maximum Gasteiger partial charge on any atom is 0.0470 e. The number of hydrogen-bond donors (Lipinski definition) is 0. The van der Waals surface area contributed by atoms with Gasteiger partial charge in [-0.15, -0.1) is 0 Å². The van der Waals surface area contributed by atoms with Gasteiger partial charge in [0.25, 0.3) is 0 Å². The molecule has 0 bridgehead atoms. The van der Waals surface area contributed by atoms with Crippen LogP contribution in [0.2, 0.25) is 0 Å². The monoisotopic (exact) mass is 185 g/mol. The van der Waals surface area contributed by atoms with E-state index in [1.54, 1.807) is 0 Å². The van der Waals surface area contributed by atoms with E-state index in [4.69, 9.17) is 0 Å². The molecule has 72 valence electrons. The van der Waals surface area contributed by atoms with Crippen molar-refractivity contribution in [1.29, 1.82) is 0 Å². The van der Waals surface area contributed by atoms with Crippen LogP contribution in [0.15, 0.2) is 36.4 Å². The van der Waals surface area contributed by atoms with Crippen LogP contribution in [-0.2, 0) is 0 Å². The Morgan fingerprint density at radius 3 is 2.36 bits per heavy atom. The van der Waals surface area contributed by atoms with Gasteiger partial charge in [-0.25, -0.2) is 0 Å². The number of fused-ring (bicyclic) bond motifs is 1. The van der Waals surface area contributed by atoms with Crippen molar-refractivity contribution < 1.29 is 0 Å². The summed E-state index contributed by atoms with van der Waals surface area (Å²) < 4.78 is 0. The van der Waals surface area contributed by atoms with Crippen LogP contribution in [0.1, 0.15) is 5.56 Å². The van der Waals surface area contributed by atoms with Crippen molar-refractivity contribution in [1.82, 2.24) is 0 Å². The van der Waals surface area contributed by atoms with E-state index < -0.39 is 0 Å². The molecule has 1 heteroatoms. The standard InChI is InChI=1S/C13H15N/c1-10-8-9-11-6-4-5-7-12(11)13(10)14(2)3/h4-9H,1-3H3. The zero-order valence-electron chi connectivity index (χ0n) is 8.91. The summed E-state index contributed by atoms with van der Waals surface area (Å²) >= 11 is 0. The second-order valence-corrected chi connectivity index (χ2v) is 3.85. The highest BCUT2D eigenvalue weighted by atomic mass is 15.1. The van der Waals surface area contributed by atoms with Crippen LogP contribution in [0.4, 0.5) is 5.69 Å². The highest BCUT2D eigenvalue weighted by molar-refractivity contribution is 5.95. The van der Waals surface area contributed by atoms with Gasteiger partial charge in [-0.05, 0) is 17.9 Å². The summed E-state index contributed by atoms with van der Waals surface area (Å²) in [7, 11) is 4.18. The minimum atomic E-state index is 1.31. The second kappa shape index (κ2) is 3.33. The number of benzene rings is 2. The molecule has 0 unspecified atom stereocenters. The molecule has 0 N–H and O–H groups in total. The molecule has 0 spiro atoms. The molecule has 14 heavy (non-hydrogen) atoms. The Labute approximate surface area is 85.0 Å². The predicted octanol–water partition coefficient (Wildman–Crippen LogP) is 3.21. The van der Waals surface area contributed by atoms with E-state index in [0.29, 0.717) is 0 Å². The van der Waals surface area contributed by atoms with Crippen molar-refractivity contribution in [2.75, 3.05) is 19.0 Å². The zero-order chi connectivity index (χ0) is 10.1. The summed E-state index contributed by atoms with van der Waals surface area (Å²) in [5, 5.41) is 2.64. The van der Waals surface area contributed by atoms with Crippen LogP contribution in [-0.4, -0.2) is 14.1 Å². The summed E-state index contributed by atoms with van der Waals surface area (Å²) in [6, 6.07) is 12.9. The first-order valence-corrected chi connectivity index (χ1v) is 4.86. The van der Waals surface area contributed by atoms with E-state index in [2.05, 4.69) is 62.3 Å². The second-order valence-electron chi connectivity index (χ2n) is 3.85. The van der Waals surface area contributed by atoms with Crippen molar-refractivity contribution in [2.45, 2.75) is 6.92 Å². The summed E-state index contributed by atoms with van der Waals surface area (Å²) in [4.78, 5) is 2.18. The Morgan fingerprint density at radius 2 is 1.64 bits per heavy atom. The van der Waals surface area contributed by atoms with Crippen LogP contribution in [0.3, 0.4) is 0 Å². The van der Waals surface area contributed by atoms with Crippen molar-refractivity contribution in [2.24, 2.45) is 0 Å². The van der Waals surface area contributed by atoms with Crippen molar-refractivity contribution in [3.05, 3.63) is 42.0 Å². The maximum atomic E-state index is 2.18. The van der Waals surface area contributed by atoms with Crippen LogP contribution in [0, 0.1) is 6.92 Å². The van der Waals surface area contributed by atoms with E-state index in [1.807, 2.05) is 0 Å². The fourth-order valence-corrected chi connectivity index (χ4v) is 1.96. The van der Waals surface area contributed by atoms with Gasteiger partial charge in [-0.2, -0.15) is 0 Å². The molecule has 2 rings (SSSR count). The average molecular weight is 185 g/mol. The minimum Gasteiger partial charge on any atom is -0.377 e. The smallest absolute Gasteiger partial charge is 0.0470 e. The topological polar surface area (TPSA) is 3.24 Å². The van der Waals surface area contributed by atoms with Gasteiger partial charge in [0.2, 0.25) is 0 Å². The first-order chi connectivity index (χ1) is 6.70. The van der Waals surface area contributed by atoms with Crippen LogP contribution >= 0.6 is 0 Å². The van der Waals surface area contributed by atoms with Crippen molar-refractivity contribution >= 4 is 16.5 Å². The molecule has 0 fully saturated rings. The largest absolute Gasteiger partial charge is 0.377 e.